The minimum absolute atomic E-state index is 0.114. The minimum atomic E-state index is -4.10. The molecular weight excluding hydrogens is 648 g/mol. The van der Waals surface area contributed by atoms with Crippen LogP contribution in [0.3, 0.4) is 0 Å². The Labute approximate surface area is 226 Å². The van der Waals surface area contributed by atoms with E-state index in [1.807, 2.05) is 0 Å². The highest BCUT2D eigenvalue weighted by Crippen LogP contribution is 2.25. The van der Waals surface area contributed by atoms with Gasteiger partial charge in [0.15, 0.2) is 12.2 Å². The van der Waals surface area contributed by atoms with Gasteiger partial charge in [-0.3, -0.25) is 8.37 Å². The van der Waals surface area contributed by atoms with E-state index in [4.69, 9.17) is 17.8 Å². The smallest absolute Gasteiger partial charge is 0.338 e. The molecule has 0 saturated heterocycles. The minimum Gasteiger partial charge on any atom is -0.452 e. The number of benzene rings is 2. The first kappa shape index (κ1) is 30.4. The third-order valence-electron chi connectivity index (χ3n) is 4.46. The topological polar surface area (TPSA) is 139 Å². The Morgan fingerprint density at radius 1 is 0.667 bits per heavy atom. The first-order valence-corrected chi connectivity index (χ1v) is 16.1. The summed E-state index contributed by atoms with van der Waals surface area (Å²) in [5.74, 6) is -1.78. The van der Waals surface area contributed by atoms with E-state index in [2.05, 4.69) is 31.9 Å². The van der Waals surface area contributed by atoms with E-state index in [9.17, 15) is 26.4 Å². The van der Waals surface area contributed by atoms with Crippen molar-refractivity contribution in [1.29, 1.82) is 0 Å². The molecule has 14 heteroatoms. The molecule has 0 bridgehead atoms. The number of rotatable bonds is 13. The standard InChI is InChI=1S/C22H24Br2O10S2/c1-35(27,28)33-17(13-23)19(31-21(25)15-9-5-3-6-10-15)20(18(14-24)34-36(2,29)30)32-22(26)16-11-7-4-8-12-16/h3-12,17-20H,13-14H2,1-2H3/t17-,18-,19+,20+/m1/s1. The second-order valence-corrected chi connectivity index (χ2v) is 12.0. The Morgan fingerprint density at radius 2 is 0.972 bits per heavy atom. The largest absolute Gasteiger partial charge is 0.452 e. The Morgan fingerprint density at radius 3 is 1.22 bits per heavy atom. The SMILES string of the molecule is CS(=O)(=O)O[C@H](CBr)[C@H](OC(=O)c1ccccc1)[C@@H](OC(=O)c1ccccc1)[C@@H](CBr)OS(C)(=O)=O. The van der Waals surface area contributed by atoms with Gasteiger partial charge in [0.05, 0.1) is 23.6 Å². The van der Waals surface area contributed by atoms with Crippen LogP contribution in [0.1, 0.15) is 20.7 Å². The lowest BCUT2D eigenvalue weighted by atomic mass is 10.0. The normalized spacial score (nSPS) is 15.3. The van der Waals surface area contributed by atoms with Crippen molar-refractivity contribution in [3.63, 3.8) is 0 Å². The van der Waals surface area contributed by atoms with Gasteiger partial charge in [0.1, 0.15) is 12.2 Å². The molecule has 0 aromatic heterocycles. The number of alkyl halides is 2. The van der Waals surface area contributed by atoms with Crippen molar-refractivity contribution in [3.8, 4) is 0 Å². The molecule has 2 aromatic carbocycles. The summed E-state index contributed by atoms with van der Waals surface area (Å²) in [7, 11) is -8.19. The molecule has 0 amide bonds. The van der Waals surface area contributed by atoms with E-state index in [1.54, 1.807) is 36.4 Å². The van der Waals surface area contributed by atoms with Gasteiger partial charge >= 0.3 is 11.9 Å². The number of carbonyl (C=O) groups excluding carboxylic acids is 2. The molecule has 0 fully saturated rings. The maximum Gasteiger partial charge on any atom is 0.338 e. The molecule has 0 saturated carbocycles. The van der Waals surface area contributed by atoms with Crippen LogP contribution in [0.25, 0.3) is 0 Å². The van der Waals surface area contributed by atoms with Gasteiger partial charge in [0, 0.05) is 10.7 Å². The van der Waals surface area contributed by atoms with Gasteiger partial charge in [0.25, 0.3) is 20.2 Å². The van der Waals surface area contributed by atoms with E-state index < -0.39 is 56.6 Å². The number of esters is 2. The Kier molecular flexibility index (Phi) is 11.5. The molecule has 10 nitrogen and oxygen atoms in total. The summed E-state index contributed by atoms with van der Waals surface area (Å²) in [4.78, 5) is 25.9. The van der Waals surface area contributed by atoms with Crippen LogP contribution in [0.15, 0.2) is 60.7 Å². The second kappa shape index (κ2) is 13.6. The van der Waals surface area contributed by atoms with E-state index in [1.165, 1.54) is 24.3 Å². The maximum atomic E-state index is 12.9. The zero-order valence-electron chi connectivity index (χ0n) is 19.2. The Bertz CT molecular complexity index is 1120. The van der Waals surface area contributed by atoms with Crippen LogP contribution >= 0.6 is 31.9 Å². The molecule has 36 heavy (non-hydrogen) atoms. The van der Waals surface area contributed by atoms with E-state index in [0.29, 0.717) is 0 Å². The summed E-state index contributed by atoms with van der Waals surface area (Å²) < 4.78 is 69.3. The lowest BCUT2D eigenvalue weighted by molar-refractivity contribution is -0.0953. The van der Waals surface area contributed by atoms with Crippen LogP contribution in [0.5, 0.6) is 0 Å². The third kappa shape index (κ3) is 9.90. The van der Waals surface area contributed by atoms with Crippen molar-refractivity contribution in [3.05, 3.63) is 71.8 Å². The molecule has 0 aliphatic carbocycles. The summed E-state index contributed by atoms with van der Waals surface area (Å²) in [6.45, 7) is 0. The van der Waals surface area contributed by atoms with Crippen LogP contribution in [-0.2, 0) is 38.1 Å². The summed E-state index contributed by atoms with van der Waals surface area (Å²) in [6.07, 6.45) is -4.51. The number of ether oxygens (including phenoxy) is 2. The fourth-order valence-electron chi connectivity index (χ4n) is 3.03. The zero-order valence-corrected chi connectivity index (χ0v) is 24.0. The predicted molar refractivity (Wildman–Crippen MR) is 138 cm³/mol. The third-order valence-corrected chi connectivity index (χ3v) is 6.93. The summed E-state index contributed by atoms with van der Waals surface area (Å²) in [5, 5.41) is -0.389. The summed E-state index contributed by atoms with van der Waals surface area (Å²) >= 11 is 6.27. The molecule has 2 rings (SSSR count). The van der Waals surface area contributed by atoms with Gasteiger partial charge in [-0.1, -0.05) is 68.3 Å². The Hall–Kier alpha value is -1.84. The van der Waals surface area contributed by atoms with Crippen molar-refractivity contribution in [1.82, 2.24) is 0 Å². The molecule has 198 valence electrons. The highest BCUT2D eigenvalue weighted by molar-refractivity contribution is 9.09. The average molecular weight is 672 g/mol. The molecule has 0 unspecified atom stereocenters. The highest BCUT2D eigenvalue weighted by Gasteiger charge is 2.44. The number of hydrogen-bond donors (Lipinski definition) is 0. The molecule has 0 N–H and O–H groups in total. The molecule has 0 aliphatic rings. The Balaban J connectivity index is 2.58. The van der Waals surface area contributed by atoms with Crippen LogP contribution in [-0.4, -0.2) is 76.4 Å². The van der Waals surface area contributed by atoms with Gasteiger partial charge in [-0.25, -0.2) is 9.59 Å². The number of carbonyl (C=O) groups is 2. The molecule has 0 spiro atoms. The van der Waals surface area contributed by atoms with E-state index >= 15 is 0 Å². The van der Waals surface area contributed by atoms with Crippen molar-refractivity contribution in [2.75, 3.05) is 23.2 Å². The number of hydrogen-bond acceptors (Lipinski definition) is 10. The van der Waals surface area contributed by atoms with Crippen LogP contribution in [0.4, 0.5) is 0 Å². The second-order valence-electron chi connectivity index (χ2n) is 7.46. The average Bonchev–Trinajstić information content (AvgIpc) is 2.83. The fourth-order valence-corrected chi connectivity index (χ4v) is 5.63. The lowest BCUT2D eigenvalue weighted by Gasteiger charge is -2.34. The van der Waals surface area contributed by atoms with Gasteiger partial charge in [0.2, 0.25) is 0 Å². The summed E-state index contributed by atoms with van der Waals surface area (Å²) in [6, 6.07) is 15.5. The lowest BCUT2D eigenvalue weighted by Crippen LogP contribution is -2.53. The molecule has 2 aromatic rings. The van der Waals surface area contributed by atoms with Gasteiger partial charge in [-0.15, -0.1) is 0 Å². The first-order valence-electron chi connectivity index (χ1n) is 10.2. The quantitative estimate of drug-likeness (QED) is 0.177. The maximum absolute atomic E-state index is 12.9. The highest BCUT2D eigenvalue weighted by atomic mass is 79.9. The molecular formula is C22H24Br2O10S2. The van der Waals surface area contributed by atoms with Crippen molar-refractivity contribution in [2.45, 2.75) is 24.4 Å². The van der Waals surface area contributed by atoms with Crippen LogP contribution < -0.4 is 0 Å². The molecule has 0 aliphatic heterocycles. The van der Waals surface area contributed by atoms with Gasteiger partial charge in [-0.05, 0) is 24.3 Å². The fraction of sp³-hybridized carbons (Fsp3) is 0.364. The van der Waals surface area contributed by atoms with Crippen molar-refractivity contribution < 1.29 is 44.3 Å². The first-order chi connectivity index (χ1) is 16.8. The zero-order chi connectivity index (χ0) is 26.9. The van der Waals surface area contributed by atoms with Crippen molar-refractivity contribution >= 4 is 64.0 Å². The molecule has 0 heterocycles. The number of halogens is 2. The molecule has 4 atom stereocenters. The summed E-state index contributed by atoms with van der Waals surface area (Å²) in [5.41, 5.74) is 0.227. The molecule has 0 radical (unpaired) electrons. The van der Waals surface area contributed by atoms with Gasteiger partial charge < -0.3 is 9.47 Å². The van der Waals surface area contributed by atoms with E-state index in [0.717, 1.165) is 12.5 Å². The van der Waals surface area contributed by atoms with Crippen LogP contribution in [0, 0.1) is 0 Å². The van der Waals surface area contributed by atoms with E-state index in [-0.39, 0.29) is 21.8 Å². The van der Waals surface area contributed by atoms with Crippen molar-refractivity contribution in [2.24, 2.45) is 0 Å². The van der Waals surface area contributed by atoms with Crippen LogP contribution in [0.2, 0.25) is 0 Å². The monoisotopic (exact) mass is 670 g/mol. The predicted octanol–water partition coefficient (Wildman–Crippen LogP) is 2.92. The van der Waals surface area contributed by atoms with Gasteiger partial charge in [-0.2, -0.15) is 16.8 Å².